The van der Waals surface area contributed by atoms with E-state index in [4.69, 9.17) is 9.47 Å². The van der Waals surface area contributed by atoms with Crippen LogP contribution in [0.5, 0.6) is 0 Å². The zero-order valence-electron chi connectivity index (χ0n) is 18.7. The van der Waals surface area contributed by atoms with Crippen molar-refractivity contribution >= 4 is 6.02 Å². The highest BCUT2D eigenvalue weighted by atomic mass is 16.6. The van der Waals surface area contributed by atoms with E-state index in [9.17, 15) is 14.7 Å². The van der Waals surface area contributed by atoms with Gasteiger partial charge in [-0.1, -0.05) is 60.7 Å². The molecule has 0 aliphatic carbocycles. The number of aromatic amines is 1. The number of hydrogen-bond donors (Lipinski definition) is 3. The van der Waals surface area contributed by atoms with Crippen LogP contribution in [-0.4, -0.2) is 46.0 Å². The predicted molar refractivity (Wildman–Crippen MR) is 126 cm³/mol. The van der Waals surface area contributed by atoms with Crippen LogP contribution in [-0.2, 0) is 15.1 Å². The van der Waals surface area contributed by atoms with E-state index in [1.54, 1.807) is 6.92 Å². The van der Waals surface area contributed by atoms with Gasteiger partial charge in [0.15, 0.2) is 5.60 Å². The number of benzene rings is 2. The third-order valence-corrected chi connectivity index (χ3v) is 6.26. The summed E-state index contributed by atoms with van der Waals surface area (Å²) in [5.41, 5.74) is -0.388. The number of aliphatic hydroxyl groups excluding tert-OH is 1. The van der Waals surface area contributed by atoms with Crippen molar-refractivity contribution in [1.29, 1.82) is 0 Å². The molecule has 9 heteroatoms. The molecule has 3 N–H and O–H groups in total. The molecule has 0 saturated carbocycles. The molecule has 3 aromatic rings. The van der Waals surface area contributed by atoms with Crippen molar-refractivity contribution in [3.63, 3.8) is 0 Å². The fourth-order valence-corrected chi connectivity index (χ4v) is 4.63. The number of nitrogens with one attached hydrogen (secondary N) is 2. The molecular formula is C25H26N4O5. The average Bonchev–Trinajstić information content (AvgIpc) is 3.51. The Kier molecular flexibility index (Phi) is 5.80. The van der Waals surface area contributed by atoms with Crippen molar-refractivity contribution in [2.24, 2.45) is 4.99 Å². The Balaban J connectivity index is 1.65. The number of aliphatic hydroxyl groups is 1. The molecule has 0 unspecified atom stereocenters. The number of aliphatic imine (C=N–C) groups is 1. The first-order chi connectivity index (χ1) is 16.5. The highest BCUT2D eigenvalue weighted by Gasteiger charge is 2.54. The molecule has 0 bridgehead atoms. The van der Waals surface area contributed by atoms with E-state index in [1.807, 2.05) is 60.7 Å². The van der Waals surface area contributed by atoms with Gasteiger partial charge in [-0.3, -0.25) is 14.3 Å². The lowest BCUT2D eigenvalue weighted by atomic mass is 9.79. The second-order valence-corrected chi connectivity index (χ2v) is 8.48. The van der Waals surface area contributed by atoms with E-state index in [-0.39, 0.29) is 6.42 Å². The predicted octanol–water partition coefficient (Wildman–Crippen LogP) is 1.41. The highest BCUT2D eigenvalue weighted by molar-refractivity contribution is 5.76. The molecule has 1 aromatic heterocycles. The summed E-state index contributed by atoms with van der Waals surface area (Å²) in [4.78, 5) is 31.1. The molecule has 2 aliphatic rings. The van der Waals surface area contributed by atoms with Crippen molar-refractivity contribution in [1.82, 2.24) is 14.9 Å². The Hall–Kier alpha value is -3.69. The molecule has 34 heavy (non-hydrogen) atoms. The fourth-order valence-electron chi connectivity index (χ4n) is 4.63. The van der Waals surface area contributed by atoms with Crippen LogP contribution in [0.15, 0.2) is 81.4 Å². The molecule has 9 nitrogen and oxygen atoms in total. The smallest absolute Gasteiger partial charge is 0.330 e. The number of nitrogens with zero attached hydrogens (tertiary/aromatic N) is 2. The summed E-state index contributed by atoms with van der Waals surface area (Å²) >= 11 is 0. The first kappa shape index (κ1) is 22.1. The van der Waals surface area contributed by atoms with Crippen LogP contribution in [0.2, 0.25) is 0 Å². The molecule has 1 saturated heterocycles. The fraction of sp³-hybridized carbons (Fsp3) is 0.320. The summed E-state index contributed by atoms with van der Waals surface area (Å²) < 4.78 is 14.3. The van der Waals surface area contributed by atoms with Gasteiger partial charge in [-0.15, -0.1) is 0 Å². The van der Waals surface area contributed by atoms with Crippen molar-refractivity contribution < 1.29 is 14.6 Å². The summed E-state index contributed by atoms with van der Waals surface area (Å²) in [5.74, 6) is 0. The molecule has 3 heterocycles. The van der Waals surface area contributed by atoms with E-state index in [0.29, 0.717) is 24.7 Å². The summed E-state index contributed by atoms with van der Waals surface area (Å²) in [6.07, 6.45) is -1.06. The standard InChI is InChI=1S/C25H26N4O5/c1-16-15-29(24(32)28-22(16)31)20-14-19(30)21(33-20)25(17-8-4-2-5-9-17,18-10-6-3-7-11-18)34-23-26-12-13-27-23/h2-11,15,19-21,30H,12-14H2,1H3,(H,26,27)(H,28,31,32)/t19-,20+,21-/m0/s1. The minimum Gasteiger partial charge on any atom is -0.446 e. The van der Waals surface area contributed by atoms with Crippen molar-refractivity contribution in [2.75, 3.05) is 13.1 Å². The molecule has 1 fully saturated rings. The third-order valence-electron chi connectivity index (χ3n) is 6.26. The maximum Gasteiger partial charge on any atom is 0.330 e. The lowest BCUT2D eigenvalue weighted by Crippen LogP contribution is -2.50. The third kappa shape index (κ3) is 3.82. The van der Waals surface area contributed by atoms with Crippen LogP contribution in [0.3, 0.4) is 0 Å². The Morgan fingerprint density at radius 1 is 1.09 bits per heavy atom. The molecular weight excluding hydrogens is 436 g/mol. The lowest BCUT2D eigenvalue weighted by molar-refractivity contribution is -0.120. The first-order valence-electron chi connectivity index (χ1n) is 11.2. The SMILES string of the molecule is Cc1cn([C@H]2C[C@H](O)[C@@H](C(OC3=NCCN3)(c3ccccc3)c3ccccc3)O2)c(=O)[nH]c1=O. The minimum atomic E-state index is -1.26. The van der Waals surface area contributed by atoms with Gasteiger partial charge in [-0.25, -0.2) is 9.79 Å². The number of amidine groups is 1. The Bertz CT molecular complexity index is 1260. The number of rotatable bonds is 5. The maximum absolute atomic E-state index is 12.5. The second kappa shape index (κ2) is 8.92. The van der Waals surface area contributed by atoms with Gasteiger partial charge in [0.2, 0.25) is 0 Å². The minimum absolute atomic E-state index is 0.140. The number of ether oxygens (including phenoxy) is 2. The van der Waals surface area contributed by atoms with E-state index in [0.717, 1.165) is 11.1 Å². The van der Waals surface area contributed by atoms with Gasteiger partial charge >= 0.3 is 5.69 Å². The number of hydrogen-bond acceptors (Lipinski definition) is 7. The molecule has 3 atom stereocenters. The van der Waals surface area contributed by atoms with Gasteiger partial charge in [0.1, 0.15) is 12.3 Å². The van der Waals surface area contributed by atoms with Crippen LogP contribution >= 0.6 is 0 Å². The topological polar surface area (TPSA) is 118 Å². The van der Waals surface area contributed by atoms with Gasteiger partial charge in [0.25, 0.3) is 11.6 Å². The Labute approximate surface area is 195 Å². The van der Waals surface area contributed by atoms with Crippen LogP contribution < -0.4 is 16.6 Å². The number of aromatic nitrogens is 2. The molecule has 176 valence electrons. The van der Waals surface area contributed by atoms with Gasteiger partial charge in [-0.2, -0.15) is 0 Å². The Morgan fingerprint density at radius 2 is 1.74 bits per heavy atom. The van der Waals surface area contributed by atoms with Crippen LogP contribution in [0.4, 0.5) is 0 Å². The van der Waals surface area contributed by atoms with Crippen molar-refractivity contribution in [3.8, 4) is 0 Å². The van der Waals surface area contributed by atoms with Gasteiger partial charge < -0.3 is 19.9 Å². The lowest BCUT2D eigenvalue weighted by Gasteiger charge is -2.40. The quantitative estimate of drug-likeness (QED) is 0.528. The zero-order valence-corrected chi connectivity index (χ0v) is 18.7. The molecule has 0 radical (unpaired) electrons. The normalized spacial score (nSPS) is 22.3. The number of aryl methyl sites for hydroxylation is 1. The first-order valence-corrected chi connectivity index (χ1v) is 11.2. The van der Waals surface area contributed by atoms with Crippen molar-refractivity contribution in [3.05, 3.63) is 104 Å². The average molecular weight is 463 g/mol. The van der Waals surface area contributed by atoms with Gasteiger partial charge in [0, 0.05) is 35.9 Å². The molecule has 0 spiro atoms. The summed E-state index contributed by atoms with van der Waals surface area (Å²) in [6, 6.07) is 19.4. The molecule has 0 amide bonds. The number of H-pyrrole nitrogens is 1. The molecule has 5 rings (SSSR count). The van der Waals surface area contributed by atoms with E-state index < -0.39 is 35.3 Å². The van der Waals surface area contributed by atoms with Crippen molar-refractivity contribution in [2.45, 2.75) is 37.4 Å². The summed E-state index contributed by atoms with van der Waals surface area (Å²) in [6.45, 7) is 2.85. The van der Waals surface area contributed by atoms with E-state index in [1.165, 1.54) is 10.8 Å². The molecule has 2 aromatic carbocycles. The maximum atomic E-state index is 12.5. The summed E-state index contributed by atoms with van der Waals surface area (Å²) in [5, 5.41) is 14.5. The second-order valence-electron chi connectivity index (χ2n) is 8.48. The van der Waals surface area contributed by atoms with Gasteiger partial charge in [-0.05, 0) is 6.92 Å². The van der Waals surface area contributed by atoms with Crippen LogP contribution in [0.25, 0.3) is 0 Å². The largest absolute Gasteiger partial charge is 0.446 e. The van der Waals surface area contributed by atoms with Gasteiger partial charge in [0.05, 0.1) is 12.6 Å². The monoisotopic (exact) mass is 462 g/mol. The summed E-state index contributed by atoms with van der Waals surface area (Å²) in [7, 11) is 0. The van der Waals surface area contributed by atoms with E-state index in [2.05, 4.69) is 15.3 Å². The van der Waals surface area contributed by atoms with Crippen LogP contribution in [0, 0.1) is 6.92 Å². The zero-order chi connectivity index (χ0) is 23.7. The Morgan fingerprint density at radius 3 is 2.32 bits per heavy atom. The highest BCUT2D eigenvalue weighted by Crippen LogP contribution is 2.45. The molecule has 2 aliphatic heterocycles. The van der Waals surface area contributed by atoms with E-state index >= 15 is 0 Å². The van der Waals surface area contributed by atoms with Crippen LogP contribution in [0.1, 0.15) is 29.3 Å².